The third-order valence-corrected chi connectivity index (χ3v) is 3.14. The van der Waals surface area contributed by atoms with Crippen LogP contribution in [0.1, 0.15) is 12.8 Å². The summed E-state index contributed by atoms with van der Waals surface area (Å²) in [5.41, 5.74) is 5.54. The largest absolute Gasteiger partial charge is 0.395 e. The zero-order valence-electron chi connectivity index (χ0n) is 8.17. The van der Waals surface area contributed by atoms with E-state index in [0.717, 1.165) is 12.8 Å². The van der Waals surface area contributed by atoms with Crippen molar-refractivity contribution in [1.82, 2.24) is 5.32 Å². The van der Waals surface area contributed by atoms with E-state index in [1.54, 1.807) is 0 Å². The Hall–Kier alpha value is 0.380. The van der Waals surface area contributed by atoms with Gasteiger partial charge in [-0.25, -0.2) is 0 Å². The van der Waals surface area contributed by atoms with Crippen LogP contribution in [0.2, 0.25) is 0 Å². The summed E-state index contributed by atoms with van der Waals surface area (Å²) in [6.07, 6.45) is -0.0280. The van der Waals surface area contributed by atoms with Gasteiger partial charge in [-0.15, -0.1) is 24.8 Å². The van der Waals surface area contributed by atoms with Gasteiger partial charge < -0.3 is 26.4 Å². The van der Waals surface area contributed by atoms with Crippen molar-refractivity contribution in [3.05, 3.63) is 0 Å². The number of rotatable bonds is 2. The lowest BCUT2D eigenvalue weighted by atomic mass is 10.0. The third kappa shape index (κ3) is 2.55. The standard InChI is InChI=1S/C8H16N2O3.2ClH/c9-8(1-2-8)7-6(13)5(12)4(3-11)10-7;;/h4-7,10-13H,1-3,9H2;2*1H/t4-,5+,6+,7-;;/m0../s1. The van der Waals surface area contributed by atoms with Gasteiger partial charge in [-0.1, -0.05) is 0 Å². The molecule has 7 heteroatoms. The minimum atomic E-state index is -0.906. The molecule has 1 heterocycles. The van der Waals surface area contributed by atoms with Gasteiger partial charge >= 0.3 is 0 Å². The smallest absolute Gasteiger partial charge is 0.0990 e. The Morgan fingerprint density at radius 1 is 1.20 bits per heavy atom. The molecule has 0 bridgehead atoms. The van der Waals surface area contributed by atoms with Crippen LogP contribution in [0.5, 0.6) is 0 Å². The van der Waals surface area contributed by atoms with E-state index in [0.29, 0.717) is 0 Å². The summed E-state index contributed by atoms with van der Waals surface area (Å²) in [7, 11) is 0. The van der Waals surface area contributed by atoms with Gasteiger partial charge in [-0.05, 0) is 12.8 Å². The molecule has 4 atom stereocenters. The molecule has 2 aliphatic rings. The third-order valence-electron chi connectivity index (χ3n) is 3.14. The van der Waals surface area contributed by atoms with Gasteiger partial charge in [0.25, 0.3) is 0 Å². The summed E-state index contributed by atoms with van der Waals surface area (Å²) >= 11 is 0. The number of halogens is 2. The average molecular weight is 261 g/mol. The Morgan fingerprint density at radius 2 is 1.73 bits per heavy atom. The van der Waals surface area contributed by atoms with E-state index in [9.17, 15) is 10.2 Å². The summed E-state index contributed by atoms with van der Waals surface area (Å²) in [5.74, 6) is 0. The highest BCUT2D eigenvalue weighted by molar-refractivity contribution is 5.85. The molecular weight excluding hydrogens is 243 g/mol. The van der Waals surface area contributed by atoms with Gasteiger partial charge in [-0.3, -0.25) is 0 Å². The molecule has 0 aromatic carbocycles. The summed E-state index contributed by atoms with van der Waals surface area (Å²) in [4.78, 5) is 0. The van der Waals surface area contributed by atoms with Crippen LogP contribution in [0.25, 0.3) is 0 Å². The molecule has 15 heavy (non-hydrogen) atoms. The van der Waals surface area contributed by atoms with Crippen LogP contribution < -0.4 is 11.1 Å². The second kappa shape index (κ2) is 5.14. The second-order valence-corrected chi connectivity index (χ2v) is 4.15. The number of hydrogen-bond donors (Lipinski definition) is 5. The van der Waals surface area contributed by atoms with Crippen LogP contribution in [0.15, 0.2) is 0 Å². The van der Waals surface area contributed by atoms with Crippen molar-refractivity contribution in [1.29, 1.82) is 0 Å². The van der Waals surface area contributed by atoms with Gasteiger partial charge in [0, 0.05) is 5.54 Å². The normalized spacial score (nSPS) is 41.6. The number of aliphatic hydroxyl groups excluding tert-OH is 3. The van der Waals surface area contributed by atoms with Crippen LogP contribution in [0.4, 0.5) is 0 Å². The Morgan fingerprint density at radius 3 is 2.07 bits per heavy atom. The summed E-state index contributed by atoms with van der Waals surface area (Å²) in [6, 6.07) is -0.722. The molecule has 1 aliphatic carbocycles. The van der Waals surface area contributed by atoms with Crippen molar-refractivity contribution in [2.45, 2.75) is 42.7 Å². The topological polar surface area (TPSA) is 98.7 Å². The van der Waals surface area contributed by atoms with Crippen LogP contribution in [0, 0.1) is 0 Å². The van der Waals surface area contributed by atoms with E-state index in [4.69, 9.17) is 10.8 Å². The lowest BCUT2D eigenvalue weighted by Crippen LogP contribution is -2.50. The molecule has 0 amide bonds. The molecule has 2 fully saturated rings. The molecule has 0 aromatic rings. The van der Waals surface area contributed by atoms with Crippen molar-refractivity contribution < 1.29 is 15.3 Å². The predicted molar refractivity (Wildman–Crippen MR) is 60.5 cm³/mol. The number of nitrogens with one attached hydrogen (secondary N) is 1. The lowest BCUT2D eigenvalue weighted by molar-refractivity contribution is 0.0158. The van der Waals surface area contributed by atoms with Gasteiger partial charge in [0.1, 0.15) is 0 Å². The highest BCUT2D eigenvalue weighted by Crippen LogP contribution is 2.39. The van der Waals surface area contributed by atoms with Crippen LogP contribution in [0.3, 0.4) is 0 Å². The van der Waals surface area contributed by atoms with Crippen molar-refractivity contribution in [3.8, 4) is 0 Å². The first-order valence-corrected chi connectivity index (χ1v) is 4.60. The zero-order valence-corrected chi connectivity index (χ0v) is 9.80. The minimum absolute atomic E-state index is 0. The molecule has 6 N–H and O–H groups in total. The maximum Gasteiger partial charge on any atom is 0.0990 e. The van der Waals surface area contributed by atoms with Crippen molar-refractivity contribution in [2.75, 3.05) is 6.61 Å². The average Bonchev–Trinajstić information content (AvgIpc) is 2.77. The van der Waals surface area contributed by atoms with Crippen LogP contribution >= 0.6 is 24.8 Å². The Bertz CT molecular complexity index is 216. The van der Waals surface area contributed by atoms with E-state index in [1.807, 2.05) is 0 Å². The van der Waals surface area contributed by atoms with E-state index in [2.05, 4.69) is 5.32 Å². The van der Waals surface area contributed by atoms with E-state index in [-0.39, 0.29) is 43.0 Å². The minimum Gasteiger partial charge on any atom is -0.395 e. The van der Waals surface area contributed by atoms with Gasteiger partial charge in [0.05, 0.1) is 30.9 Å². The molecule has 0 radical (unpaired) electrons. The summed E-state index contributed by atoms with van der Waals surface area (Å²) in [5, 5.41) is 31.0. The number of aliphatic hydroxyl groups is 3. The first-order chi connectivity index (χ1) is 6.08. The number of nitrogens with two attached hydrogens (primary N) is 1. The molecule has 2 rings (SSSR count). The van der Waals surface area contributed by atoms with Crippen LogP contribution in [-0.2, 0) is 0 Å². The Labute approximate surface area is 101 Å². The Kier molecular flexibility index (Phi) is 5.27. The van der Waals surface area contributed by atoms with Crippen LogP contribution in [-0.4, -0.2) is 51.8 Å². The van der Waals surface area contributed by atoms with Crippen molar-refractivity contribution >= 4 is 24.8 Å². The summed E-state index contributed by atoms with van der Waals surface area (Å²) < 4.78 is 0. The molecule has 0 spiro atoms. The van der Waals surface area contributed by atoms with E-state index in [1.165, 1.54) is 0 Å². The quantitative estimate of drug-likeness (QED) is 0.411. The SMILES string of the molecule is Cl.Cl.NC1([C@H]2N[C@@H](CO)[C@@H](O)[C@H]2O)CC1. The second-order valence-electron chi connectivity index (χ2n) is 4.15. The number of hydrogen-bond acceptors (Lipinski definition) is 5. The highest BCUT2D eigenvalue weighted by atomic mass is 35.5. The first kappa shape index (κ1) is 15.4. The molecule has 0 unspecified atom stereocenters. The predicted octanol–water partition coefficient (Wildman–Crippen LogP) is -1.62. The van der Waals surface area contributed by atoms with Gasteiger partial charge in [0.15, 0.2) is 0 Å². The summed E-state index contributed by atoms with van der Waals surface area (Å²) in [6.45, 7) is -0.176. The molecule has 1 saturated carbocycles. The fraction of sp³-hybridized carbons (Fsp3) is 1.00. The van der Waals surface area contributed by atoms with Gasteiger partial charge in [0.2, 0.25) is 0 Å². The van der Waals surface area contributed by atoms with Crippen molar-refractivity contribution in [2.24, 2.45) is 5.73 Å². The van der Waals surface area contributed by atoms with E-state index < -0.39 is 18.2 Å². The Balaban J connectivity index is 0.000000980. The molecule has 1 aliphatic heterocycles. The van der Waals surface area contributed by atoms with Crippen molar-refractivity contribution in [3.63, 3.8) is 0 Å². The maximum absolute atomic E-state index is 9.63. The molecule has 92 valence electrons. The molecule has 5 nitrogen and oxygen atoms in total. The zero-order chi connectivity index (χ0) is 9.64. The lowest BCUT2D eigenvalue weighted by Gasteiger charge is -2.22. The highest BCUT2D eigenvalue weighted by Gasteiger charge is 2.55. The fourth-order valence-corrected chi connectivity index (χ4v) is 1.99. The first-order valence-electron chi connectivity index (χ1n) is 4.60. The van der Waals surface area contributed by atoms with E-state index >= 15 is 0 Å². The van der Waals surface area contributed by atoms with Gasteiger partial charge in [-0.2, -0.15) is 0 Å². The maximum atomic E-state index is 9.63. The molecule has 0 aromatic heterocycles. The molecular formula is C8H18Cl2N2O3. The monoisotopic (exact) mass is 260 g/mol. The fourth-order valence-electron chi connectivity index (χ4n) is 1.99. The molecule has 1 saturated heterocycles.